The molecule has 20 heavy (non-hydrogen) atoms. The predicted molar refractivity (Wildman–Crippen MR) is 72.0 cm³/mol. The summed E-state index contributed by atoms with van der Waals surface area (Å²) in [5.74, 6) is -0.798. The van der Waals surface area contributed by atoms with Crippen molar-refractivity contribution in [3.05, 3.63) is 53.3 Å². The molecule has 0 atom stereocenters. The minimum absolute atomic E-state index is 0.212. The second-order valence-electron chi connectivity index (χ2n) is 4.35. The van der Waals surface area contributed by atoms with Crippen LogP contribution in [0, 0.1) is 0 Å². The van der Waals surface area contributed by atoms with E-state index < -0.39 is 31.4 Å². The summed E-state index contributed by atoms with van der Waals surface area (Å²) in [5.41, 5.74) is -0.586. The van der Waals surface area contributed by atoms with E-state index in [0.717, 1.165) is 6.08 Å². The Kier molecular flexibility index (Phi) is 3.34. The van der Waals surface area contributed by atoms with Gasteiger partial charge in [-0.2, -0.15) is 0 Å². The average Bonchev–Trinajstić information content (AvgIpc) is 2.63. The first-order chi connectivity index (χ1) is 9.03. The van der Waals surface area contributed by atoms with Gasteiger partial charge < -0.3 is 24.7 Å². The highest BCUT2D eigenvalue weighted by Crippen LogP contribution is 2.80. The summed E-state index contributed by atoms with van der Waals surface area (Å²) in [4.78, 5) is 35.5. The minimum Gasteiger partial charge on any atom is -0.508 e. The molecule has 1 aliphatic rings. The van der Waals surface area contributed by atoms with Gasteiger partial charge in [-0.25, -0.2) is 0 Å². The molecule has 0 saturated heterocycles. The summed E-state index contributed by atoms with van der Waals surface area (Å²) < 4.78 is 23.8. The summed E-state index contributed by atoms with van der Waals surface area (Å²) in [7, 11) is -10.7. The lowest BCUT2D eigenvalue weighted by molar-refractivity contribution is 0.314. The second kappa shape index (κ2) is 4.40. The van der Waals surface area contributed by atoms with E-state index in [-0.39, 0.29) is 11.1 Å². The molecule has 0 aromatic heterocycles. The molecular formula is C11H12O7P2. The zero-order valence-corrected chi connectivity index (χ0v) is 11.8. The van der Waals surface area contributed by atoms with E-state index in [9.17, 15) is 33.8 Å². The van der Waals surface area contributed by atoms with Crippen molar-refractivity contribution >= 4 is 21.3 Å². The summed E-state index contributed by atoms with van der Waals surface area (Å²) in [6.07, 6.45) is 1.12. The van der Waals surface area contributed by atoms with Crippen molar-refractivity contribution in [2.75, 3.05) is 0 Å². The van der Waals surface area contributed by atoms with Crippen molar-refractivity contribution in [3.8, 4) is 0 Å². The molecule has 1 aliphatic carbocycles. The van der Waals surface area contributed by atoms with E-state index in [1.54, 1.807) is 6.07 Å². The number of benzene rings is 1. The Morgan fingerprint density at radius 2 is 1.55 bits per heavy atom. The molecule has 1 aromatic rings. The van der Waals surface area contributed by atoms with Crippen molar-refractivity contribution in [2.24, 2.45) is 0 Å². The maximum atomic E-state index is 11.9. The molecule has 0 fully saturated rings. The van der Waals surface area contributed by atoms with Gasteiger partial charge in [-0.3, -0.25) is 9.13 Å². The molecule has 2 rings (SSSR count). The molecular weight excluding hydrogens is 306 g/mol. The highest BCUT2D eigenvalue weighted by Gasteiger charge is 2.67. The number of fused-ring (bicyclic) bond motifs is 1. The Balaban J connectivity index is 2.98. The molecule has 0 heterocycles. The smallest absolute Gasteiger partial charge is 0.352 e. The van der Waals surface area contributed by atoms with E-state index in [4.69, 9.17) is 0 Å². The Labute approximate surface area is 114 Å². The molecule has 0 amide bonds. The van der Waals surface area contributed by atoms with Gasteiger partial charge in [0.15, 0.2) is 0 Å². The van der Waals surface area contributed by atoms with Crippen LogP contribution in [0.1, 0.15) is 11.1 Å². The maximum Gasteiger partial charge on any atom is 0.352 e. The van der Waals surface area contributed by atoms with Crippen LogP contribution in [-0.4, -0.2) is 24.7 Å². The lowest BCUT2D eigenvalue weighted by Gasteiger charge is -2.34. The van der Waals surface area contributed by atoms with Gasteiger partial charge in [0.1, 0.15) is 5.76 Å². The van der Waals surface area contributed by atoms with Crippen LogP contribution < -0.4 is 0 Å². The monoisotopic (exact) mass is 318 g/mol. The fourth-order valence-corrected chi connectivity index (χ4v) is 5.83. The zero-order valence-electron chi connectivity index (χ0n) is 10.0. The van der Waals surface area contributed by atoms with E-state index in [2.05, 4.69) is 6.58 Å². The highest BCUT2D eigenvalue weighted by molar-refractivity contribution is 7.72. The number of rotatable bonds is 3. The summed E-state index contributed by atoms with van der Waals surface area (Å²) >= 11 is 0. The Bertz CT molecular complexity index is 687. The maximum absolute atomic E-state index is 11.9. The van der Waals surface area contributed by atoms with Crippen LogP contribution in [0.15, 0.2) is 42.2 Å². The fraction of sp³-hybridized carbons (Fsp3) is 0.0909. The molecule has 7 nitrogen and oxygen atoms in total. The Morgan fingerprint density at radius 1 is 1.05 bits per heavy atom. The van der Waals surface area contributed by atoms with Crippen molar-refractivity contribution in [3.63, 3.8) is 0 Å². The van der Waals surface area contributed by atoms with Crippen molar-refractivity contribution < 1.29 is 33.8 Å². The predicted octanol–water partition coefficient (Wildman–Crippen LogP) is 1.66. The quantitative estimate of drug-likeness (QED) is 0.422. The van der Waals surface area contributed by atoms with Crippen molar-refractivity contribution in [2.45, 2.75) is 4.90 Å². The first kappa shape index (κ1) is 15.2. The lowest BCUT2D eigenvalue weighted by atomic mass is 10.1. The minimum atomic E-state index is -5.36. The average molecular weight is 318 g/mol. The molecule has 108 valence electrons. The summed E-state index contributed by atoms with van der Waals surface area (Å²) in [5, 5.41) is 9.54. The van der Waals surface area contributed by atoms with Crippen LogP contribution in [0.5, 0.6) is 0 Å². The Morgan fingerprint density at radius 3 is 2.00 bits per heavy atom. The van der Waals surface area contributed by atoms with Gasteiger partial charge in [0.05, 0.1) is 0 Å². The molecule has 0 saturated carbocycles. The number of allylic oxidation sites excluding steroid dienone is 1. The summed E-state index contributed by atoms with van der Waals surface area (Å²) in [6.45, 7) is 3.14. The molecule has 9 heteroatoms. The third-order valence-corrected chi connectivity index (χ3v) is 7.38. The highest BCUT2D eigenvalue weighted by atomic mass is 31.2. The largest absolute Gasteiger partial charge is 0.508 e. The number of hydrogen-bond donors (Lipinski definition) is 5. The molecule has 0 radical (unpaired) electrons. The lowest BCUT2D eigenvalue weighted by Crippen LogP contribution is -2.27. The van der Waals surface area contributed by atoms with Crippen LogP contribution in [0.4, 0.5) is 0 Å². The van der Waals surface area contributed by atoms with Gasteiger partial charge in [0.25, 0.3) is 0 Å². The molecule has 0 spiro atoms. The Hall–Kier alpha value is -1.20. The van der Waals surface area contributed by atoms with Crippen LogP contribution in [-0.2, 0) is 14.0 Å². The second-order valence-corrected chi connectivity index (χ2v) is 8.22. The topological polar surface area (TPSA) is 135 Å². The van der Waals surface area contributed by atoms with E-state index in [0.29, 0.717) is 0 Å². The van der Waals surface area contributed by atoms with Gasteiger partial charge in [-0.05, 0) is 17.2 Å². The van der Waals surface area contributed by atoms with Gasteiger partial charge in [-0.15, -0.1) is 0 Å². The fourth-order valence-electron chi connectivity index (χ4n) is 2.42. The summed E-state index contributed by atoms with van der Waals surface area (Å²) in [6, 6.07) is 5.59. The molecule has 5 N–H and O–H groups in total. The van der Waals surface area contributed by atoms with E-state index >= 15 is 0 Å². The first-order valence-electron chi connectivity index (χ1n) is 5.34. The standard InChI is InChI=1S/C11H12O7P2/c1-7(12)10-6-8-4-2-3-5-9(8)11(10,19(13,14)15)20(16,17)18/h2-6,12H,1H2,(H2,13,14,15)(H2,16,17,18). The molecule has 0 aliphatic heterocycles. The van der Waals surface area contributed by atoms with Crippen LogP contribution in [0.2, 0.25) is 0 Å². The third kappa shape index (κ3) is 1.84. The number of aliphatic hydroxyl groups excluding tert-OH is 1. The molecule has 1 aromatic carbocycles. The van der Waals surface area contributed by atoms with Crippen molar-refractivity contribution in [1.82, 2.24) is 0 Å². The van der Waals surface area contributed by atoms with Gasteiger partial charge in [-0.1, -0.05) is 30.8 Å². The van der Waals surface area contributed by atoms with E-state index in [1.807, 2.05) is 0 Å². The SMILES string of the molecule is C=C(O)C1=Cc2ccccc2C1(P(=O)(O)O)P(=O)(O)O. The zero-order chi connectivity index (χ0) is 15.3. The third-order valence-electron chi connectivity index (χ3n) is 3.17. The number of aliphatic hydroxyl groups is 1. The molecule has 0 bridgehead atoms. The van der Waals surface area contributed by atoms with Crippen LogP contribution in [0.3, 0.4) is 0 Å². The van der Waals surface area contributed by atoms with Gasteiger partial charge in [0.2, 0.25) is 4.90 Å². The van der Waals surface area contributed by atoms with Gasteiger partial charge in [0, 0.05) is 5.57 Å². The van der Waals surface area contributed by atoms with Crippen LogP contribution in [0.25, 0.3) is 6.08 Å². The van der Waals surface area contributed by atoms with E-state index in [1.165, 1.54) is 18.2 Å². The first-order valence-corrected chi connectivity index (χ1v) is 8.57. The number of hydrogen-bond acceptors (Lipinski definition) is 3. The molecule has 0 unspecified atom stereocenters. The van der Waals surface area contributed by atoms with Crippen molar-refractivity contribution in [1.29, 1.82) is 0 Å². The normalized spacial score (nSPS) is 17.5. The van der Waals surface area contributed by atoms with Crippen LogP contribution >= 0.6 is 15.2 Å². The van der Waals surface area contributed by atoms with Gasteiger partial charge >= 0.3 is 15.2 Å².